The molecule has 0 aromatic rings. The maximum atomic E-state index is 9.87. The van der Waals surface area contributed by atoms with Gasteiger partial charge in [-0.1, -0.05) is 0 Å². The first-order chi connectivity index (χ1) is 2.94. The van der Waals surface area contributed by atoms with Crippen LogP contribution < -0.4 is 0 Å². The van der Waals surface area contributed by atoms with Crippen molar-refractivity contribution >= 4 is 38.3 Å². The van der Waals surface area contributed by atoms with Crippen LogP contribution >= 0.6 is 30.9 Å². The molecule has 0 aliphatic heterocycles. The first kappa shape index (κ1) is 8.34. The molecule has 0 amide bonds. The molecule has 0 bridgehead atoms. The Kier molecular flexibility index (Phi) is 3.29. The molecule has 47 valence electrons. The summed E-state index contributed by atoms with van der Waals surface area (Å²) in [6, 6.07) is 0. The van der Waals surface area contributed by atoms with Crippen LogP contribution in [0.15, 0.2) is 0 Å². The fourth-order valence-electron chi connectivity index (χ4n) is 0. The summed E-state index contributed by atoms with van der Waals surface area (Å²) in [5, 5.41) is 0. The standard InChI is InChI=1S/ClO2S.2ClH.Fe/c1-4(2)3;;;/h;2*1H;/q;;;+2/p-2. The van der Waals surface area contributed by atoms with Gasteiger partial charge in [-0.3, -0.25) is 0 Å². The summed E-state index contributed by atoms with van der Waals surface area (Å²) in [4.78, 5) is 0. The molecule has 0 spiro atoms. The molecule has 0 saturated heterocycles. The average molecular weight is 226 g/mol. The predicted octanol–water partition coefficient (Wildman–Crippen LogP) is 1.40. The normalized spacial score (nSPS) is 13.9. The quantitative estimate of drug-likeness (QED) is 0.500. The Morgan fingerprint density at radius 2 is 1.43 bits per heavy atom. The molecule has 0 fully saturated rings. The van der Waals surface area contributed by atoms with Crippen LogP contribution in [0.4, 0.5) is 0 Å². The summed E-state index contributed by atoms with van der Waals surface area (Å²) in [6.07, 6.45) is 0. The van der Waals surface area contributed by atoms with Crippen molar-refractivity contribution in [1.29, 1.82) is 0 Å². The first-order valence-corrected chi connectivity index (χ1v) is 7.48. The van der Waals surface area contributed by atoms with Gasteiger partial charge in [-0.25, -0.2) is 0 Å². The summed E-state index contributed by atoms with van der Waals surface area (Å²) >= 11 is 0. The third-order valence-corrected chi connectivity index (χ3v) is 7.90. The van der Waals surface area contributed by atoms with Gasteiger partial charge in [0.2, 0.25) is 0 Å². The number of hydrogen-bond donors (Lipinski definition) is 0. The summed E-state index contributed by atoms with van der Waals surface area (Å²) in [5.74, 6) is 0. The van der Waals surface area contributed by atoms with Gasteiger partial charge in [0.1, 0.15) is 0 Å². The fourth-order valence-corrected chi connectivity index (χ4v) is 0. The van der Waals surface area contributed by atoms with E-state index in [4.69, 9.17) is 20.2 Å². The van der Waals surface area contributed by atoms with Crippen LogP contribution in [-0.2, 0) is 18.4 Å². The van der Waals surface area contributed by atoms with Gasteiger partial charge in [-0.15, -0.1) is 0 Å². The van der Waals surface area contributed by atoms with E-state index in [1.54, 1.807) is 0 Å². The van der Waals surface area contributed by atoms with Crippen molar-refractivity contribution in [2.75, 3.05) is 0 Å². The van der Waals surface area contributed by atoms with Gasteiger partial charge in [0, 0.05) is 0 Å². The molecule has 7 heavy (non-hydrogen) atoms. The second kappa shape index (κ2) is 2.76. The molecule has 0 atom stereocenters. The van der Waals surface area contributed by atoms with Crippen molar-refractivity contribution in [2.45, 2.75) is 0 Å². The van der Waals surface area contributed by atoms with Gasteiger partial charge < -0.3 is 0 Å². The molecule has 0 saturated carbocycles. The topological polar surface area (TPSA) is 34.1 Å². The summed E-state index contributed by atoms with van der Waals surface area (Å²) < 4.78 is 19.7. The molecule has 0 aromatic carbocycles. The van der Waals surface area contributed by atoms with E-state index in [1.807, 2.05) is 0 Å². The Bertz CT molecular complexity index is 135. The zero-order valence-electron chi connectivity index (χ0n) is 2.71. The zero-order chi connectivity index (χ0) is 6.08. The van der Waals surface area contributed by atoms with E-state index in [0.29, 0.717) is 0 Å². The second-order valence-corrected chi connectivity index (χ2v) is 10.7. The predicted molar refractivity (Wildman–Crippen MR) is 26.5 cm³/mol. The maximum absolute atomic E-state index is 9.87. The van der Waals surface area contributed by atoms with Gasteiger partial charge in [-0.05, 0) is 0 Å². The molecular weight excluding hydrogens is 226 g/mol. The van der Waals surface area contributed by atoms with Crippen LogP contribution in [0, 0.1) is 0 Å². The van der Waals surface area contributed by atoms with E-state index >= 15 is 0 Å². The molecule has 7 heteroatoms. The van der Waals surface area contributed by atoms with Crippen LogP contribution in [0.25, 0.3) is 0 Å². The van der Waals surface area contributed by atoms with Crippen molar-refractivity contribution in [2.24, 2.45) is 0 Å². The molecule has 0 heterocycles. The number of rotatable bonds is 1. The van der Waals surface area contributed by atoms with Crippen molar-refractivity contribution in [1.82, 2.24) is 0 Å². The monoisotopic (exact) mass is 225 g/mol. The van der Waals surface area contributed by atoms with Crippen LogP contribution in [0.2, 0.25) is 0 Å². The Morgan fingerprint density at radius 3 is 1.43 bits per heavy atom. The Hall–Kier alpha value is 1.34. The van der Waals surface area contributed by atoms with Gasteiger partial charge in [0.15, 0.2) is 0 Å². The molecule has 0 N–H and O–H groups in total. The molecule has 0 aromatic heterocycles. The van der Waals surface area contributed by atoms with Crippen LogP contribution in [0.1, 0.15) is 0 Å². The van der Waals surface area contributed by atoms with E-state index in [-0.39, 0.29) is 0 Å². The van der Waals surface area contributed by atoms with Crippen LogP contribution in [-0.4, -0.2) is 8.42 Å². The van der Waals surface area contributed by atoms with Gasteiger partial charge in [0.25, 0.3) is 0 Å². The molecule has 0 aliphatic rings. The van der Waals surface area contributed by atoms with Crippen LogP contribution in [0.3, 0.4) is 0 Å². The third kappa shape index (κ3) is 3.88. The van der Waals surface area contributed by atoms with Gasteiger partial charge >= 0.3 is 57.7 Å². The first-order valence-electron chi connectivity index (χ1n) is 0.899. The van der Waals surface area contributed by atoms with Crippen molar-refractivity contribution in [3.63, 3.8) is 0 Å². The molecule has 0 rings (SSSR count). The van der Waals surface area contributed by atoms with E-state index in [1.165, 1.54) is 0 Å². The van der Waals surface area contributed by atoms with E-state index < -0.39 is 18.4 Å². The molecule has 0 radical (unpaired) electrons. The van der Waals surface area contributed by atoms with Gasteiger partial charge in [-0.2, -0.15) is 0 Å². The summed E-state index contributed by atoms with van der Waals surface area (Å²) in [7, 11) is 8.51. The summed E-state index contributed by atoms with van der Waals surface area (Å²) in [6.45, 7) is 0. The second-order valence-electron chi connectivity index (χ2n) is 0.526. The van der Waals surface area contributed by atoms with Gasteiger partial charge in [0.05, 0.1) is 0 Å². The fraction of sp³-hybridized carbons (Fsp3) is 0. The minimum absolute atomic E-state index is 2.21. The van der Waals surface area contributed by atoms with Crippen molar-refractivity contribution in [3.05, 3.63) is 0 Å². The number of halogens is 3. The van der Waals surface area contributed by atoms with E-state index in [2.05, 4.69) is 10.7 Å². The Labute approximate surface area is 57.6 Å². The number of hydrogen-bond acceptors (Lipinski definition) is 2. The summed E-state index contributed by atoms with van der Waals surface area (Å²) in [5.41, 5.74) is 0. The average Bonchev–Trinajstić information content (AvgIpc) is 1.31. The molecule has 2 nitrogen and oxygen atoms in total. The minimum atomic E-state index is -3.65. The van der Waals surface area contributed by atoms with E-state index in [9.17, 15) is 8.42 Å². The third-order valence-electron chi connectivity index (χ3n) is 0.130. The van der Waals surface area contributed by atoms with E-state index in [0.717, 1.165) is 0 Å². The zero-order valence-corrected chi connectivity index (χ0v) is 6.90. The molecule has 0 unspecified atom stereocenters. The molecular formula is Cl3FeO2S. The van der Waals surface area contributed by atoms with Crippen molar-refractivity contribution < 1.29 is 19.4 Å². The SMILES string of the molecule is O=[S](=O)(Cl)[Fe]([Cl])[Cl]. The molecule has 0 aliphatic carbocycles. The van der Waals surface area contributed by atoms with Crippen LogP contribution in [0.5, 0.6) is 0 Å². The Balaban J connectivity index is 4.10. The Morgan fingerprint density at radius 1 is 1.29 bits per heavy atom. The van der Waals surface area contributed by atoms with Crippen molar-refractivity contribution in [3.8, 4) is 0 Å².